The molecule has 0 bridgehead atoms. The molecule has 1 atom stereocenters. The van der Waals surface area contributed by atoms with Crippen LogP contribution in [0.15, 0.2) is 0 Å². The molecule has 94 valence electrons. The molecule has 2 heterocycles. The Labute approximate surface area is 101 Å². The second kappa shape index (κ2) is 5.50. The van der Waals surface area contributed by atoms with E-state index in [1.165, 1.54) is 64.8 Å². The fourth-order valence-electron chi connectivity index (χ4n) is 3.37. The lowest BCUT2D eigenvalue weighted by atomic mass is 9.82. The van der Waals surface area contributed by atoms with Gasteiger partial charge in [-0.15, -0.1) is 0 Å². The zero-order valence-corrected chi connectivity index (χ0v) is 11.1. The Morgan fingerprint density at radius 3 is 2.50 bits per heavy atom. The summed E-state index contributed by atoms with van der Waals surface area (Å²) in [7, 11) is 0. The van der Waals surface area contributed by atoms with Gasteiger partial charge in [0, 0.05) is 13.1 Å². The van der Waals surface area contributed by atoms with E-state index in [1.807, 2.05) is 0 Å². The van der Waals surface area contributed by atoms with Crippen LogP contribution in [0.3, 0.4) is 0 Å². The van der Waals surface area contributed by atoms with Crippen molar-refractivity contribution < 1.29 is 0 Å². The summed E-state index contributed by atoms with van der Waals surface area (Å²) in [6.45, 7) is 11.2. The molecule has 1 unspecified atom stereocenters. The molecule has 2 aliphatic rings. The standard InChI is InChI=1S/C14H28N2/c1-3-13-5-9-16(10-6-13)12-14(4-2)7-8-15-11-14/h13,15H,3-12H2,1-2H3. The summed E-state index contributed by atoms with van der Waals surface area (Å²) in [6, 6.07) is 0. The molecule has 0 aliphatic carbocycles. The van der Waals surface area contributed by atoms with Gasteiger partial charge in [-0.1, -0.05) is 20.3 Å². The number of hydrogen-bond donors (Lipinski definition) is 1. The van der Waals surface area contributed by atoms with Gasteiger partial charge < -0.3 is 10.2 Å². The van der Waals surface area contributed by atoms with E-state index in [1.54, 1.807) is 0 Å². The van der Waals surface area contributed by atoms with E-state index in [2.05, 4.69) is 24.1 Å². The van der Waals surface area contributed by atoms with Crippen LogP contribution < -0.4 is 5.32 Å². The lowest BCUT2D eigenvalue weighted by molar-refractivity contribution is 0.115. The molecule has 2 aliphatic heterocycles. The molecule has 2 nitrogen and oxygen atoms in total. The monoisotopic (exact) mass is 224 g/mol. The number of nitrogens with zero attached hydrogens (tertiary/aromatic N) is 1. The molecule has 0 saturated carbocycles. The van der Waals surface area contributed by atoms with Gasteiger partial charge in [0.2, 0.25) is 0 Å². The van der Waals surface area contributed by atoms with Gasteiger partial charge in [0.05, 0.1) is 0 Å². The van der Waals surface area contributed by atoms with Gasteiger partial charge in [-0.05, 0) is 56.7 Å². The molecule has 0 amide bonds. The third-order valence-corrected chi connectivity index (χ3v) is 4.93. The normalized spacial score (nSPS) is 33.4. The molecule has 0 radical (unpaired) electrons. The Bertz CT molecular complexity index is 201. The van der Waals surface area contributed by atoms with Gasteiger partial charge in [-0.3, -0.25) is 0 Å². The maximum Gasteiger partial charge on any atom is 0.00505 e. The van der Waals surface area contributed by atoms with E-state index in [-0.39, 0.29) is 0 Å². The maximum atomic E-state index is 3.55. The number of rotatable bonds is 4. The largest absolute Gasteiger partial charge is 0.316 e. The van der Waals surface area contributed by atoms with Gasteiger partial charge in [0.15, 0.2) is 0 Å². The molecule has 1 N–H and O–H groups in total. The zero-order valence-electron chi connectivity index (χ0n) is 11.1. The number of piperidine rings is 1. The van der Waals surface area contributed by atoms with Crippen LogP contribution in [0, 0.1) is 11.3 Å². The highest BCUT2D eigenvalue weighted by Gasteiger charge is 2.34. The predicted molar refractivity (Wildman–Crippen MR) is 69.7 cm³/mol. The van der Waals surface area contributed by atoms with Crippen LogP contribution in [-0.4, -0.2) is 37.6 Å². The summed E-state index contributed by atoms with van der Waals surface area (Å²) in [4.78, 5) is 2.72. The summed E-state index contributed by atoms with van der Waals surface area (Å²) >= 11 is 0. The second-order valence-electron chi connectivity index (χ2n) is 5.91. The lowest BCUT2D eigenvalue weighted by Crippen LogP contribution is -2.42. The SMILES string of the molecule is CCC1CCN(CC2(CC)CCNC2)CC1. The topological polar surface area (TPSA) is 15.3 Å². The molecule has 16 heavy (non-hydrogen) atoms. The maximum absolute atomic E-state index is 3.55. The molecule has 2 saturated heterocycles. The first-order valence-electron chi connectivity index (χ1n) is 7.21. The summed E-state index contributed by atoms with van der Waals surface area (Å²) in [5, 5.41) is 3.55. The van der Waals surface area contributed by atoms with Crippen LogP contribution in [0.2, 0.25) is 0 Å². The van der Waals surface area contributed by atoms with E-state index >= 15 is 0 Å². The second-order valence-corrected chi connectivity index (χ2v) is 5.91. The third-order valence-electron chi connectivity index (χ3n) is 4.93. The van der Waals surface area contributed by atoms with Gasteiger partial charge in [-0.2, -0.15) is 0 Å². The van der Waals surface area contributed by atoms with Gasteiger partial charge in [0.1, 0.15) is 0 Å². The van der Waals surface area contributed by atoms with Crippen LogP contribution in [0.25, 0.3) is 0 Å². The first-order valence-corrected chi connectivity index (χ1v) is 7.21. The Balaban J connectivity index is 1.81. The zero-order chi connectivity index (χ0) is 11.4. The molecule has 0 spiro atoms. The summed E-state index contributed by atoms with van der Waals surface area (Å²) in [5.41, 5.74) is 0.596. The van der Waals surface area contributed by atoms with Gasteiger partial charge >= 0.3 is 0 Å². The molecule has 0 aromatic carbocycles. The van der Waals surface area contributed by atoms with Crippen molar-refractivity contribution >= 4 is 0 Å². The van der Waals surface area contributed by atoms with Crippen LogP contribution in [-0.2, 0) is 0 Å². The van der Waals surface area contributed by atoms with Crippen molar-refractivity contribution in [2.75, 3.05) is 32.7 Å². The summed E-state index contributed by atoms with van der Waals surface area (Å²) < 4.78 is 0. The van der Waals surface area contributed by atoms with Gasteiger partial charge in [-0.25, -0.2) is 0 Å². The summed E-state index contributed by atoms with van der Waals surface area (Å²) in [6.07, 6.45) is 6.98. The Hall–Kier alpha value is -0.0800. The molecule has 2 fully saturated rings. The van der Waals surface area contributed by atoms with E-state index in [4.69, 9.17) is 0 Å². The average Bonchev–Trinajstić information content (AvgIpc) is 2.79. The van der Waals surface area contributed by atoms with Crippen molar-refractivity contribution in [3.8, 4) is 0 Å². The van der Waals surface area contributed by atoms with E-state index < -0.39 is 0 Å². The van der Waals surface area contributed by atoms with Crippen LogP contribution in [0.1, 0.15) is 46.0 Å². The molecular formula is C14H28N2. The molecule has 2 heteroatoms. The average molecular weight is 224 g/mol. The highest BCUT2D eigenvalue weighted by Crippen LogP contribution is 2.32. The van der Waals surface area contributed by atoms with Crippen molar-refractivity contribution in [1.29, 1.82) is 0 Å². The Morgan fingerprint density at radius 1 is 1.25 bits per heavy atom. The smallest absolute Gasteiger partial charge is 0.00505 e. The number of likely N-dealkylation sites (tertiary alicyclic amines) is 1. The highest BCUT2D eigenvalue weighted by atomic mass is 15.1. The third kappa shape index (κ3) is 2.78. The Kier molecular flexibility index (Phi) is 4.26. The number of hydrogen-bond acceptors (Lipinski definition) is 2. The van der Waals surface area contributed by atoms with Crippen LogP contribution in [0.5, 0.6) is 0 Å². The molecule has 0 aromatic rings. The molecular weight excluding hydrogens is 196 g/mol. The fraction of sp³-hybridized carbons (Fsp3) is 1.00. The van der Waals surface area contributed by atoms with E-state index in [9.17, 15) is 0 Å². The molecule has 2 rings (SSSR count). The minimum Gasteiger partial charge on any atom is -0.316 e. The Morgan fingerprint density at radius 2 is 2.00 bits per heavy atom. The van der Waals surface area contributed by atoms with Crippen LogP contribution >= 0.6 is 0 Å². The van der Waals surface area contributed by atoms with Gasteiger partial charge in [0.25, 0.3) is 0 Å². The van der Waals surface area contributed by atoms with Crippen molar-refractivity contribution in [3.05, 3.63) is 0 Å². The minimum absolute atomic E-state index is 0.596. The first kappa shape index (κ1) is 12.4. The van der Waals surface area contributed by atoms with E-state index in [0.717, 1.165) is 5.92 Å². The lowest BCUT2D eigenvalue weighted by Gasteiger charge is -2.38. The van der Waals surface area contributed by atoms with Crippen LogP contribution in [0.4, 0.5) is 0 Å². The van der Waals surface area contributed by atoms with Crippen molar-refractivity contribution in [2.45, 2.75) is 46.0 Å². The fourth-order valence-corrected chi connectivity index (χ4v) is 3.37. The number of nitrogens with one attached hydrogen (secondary N) is 1. The first-order chi connectivity index (χ1) is 7.78. The predicted octanol–water partition coefficient (Wildman–Crippen LogP) is 2.50. The van der Waals surface area contributed by atoms with Crippen molar-refractivity contribution in [2.24, 2.45) is 11.3 Å². The van der Waals surface area contributed by atoms with Crippen molar-refractivity contribution in [3.63, 3.8) is 0 Å². The summed E-state index contributed by atoms with van der Waals surface area (Å²) in [5.74, 6) is 1.01. The minimum atomic E-state index is 0.596. The highest BCUT2D eigenvalue weighted by molar-refractivity contribution is 4.90. The van der Waals surface area contributed by atoms with E-state index in [0.29, 0.717) is 5.41 Å². The molecule has 0 aromatic heterocycles. The van der Waals surface area contributed by atoms with Crippen molar-refractivity contribution in [1.82, 2.24) is 10.2 Å². The quantitative estimate of drug-likeness (QED) is 0.789.